The maximum absolute atomic E-state index is 12.5. The smallest absolute Gasteiger partial charge is 0.166 e. The molecule has 1 fully saturated rings. The Morgan fingerprint density at radius 1 is 1.42 bits per heavy atom. The first kappa shape index (κ1) is 14.4. The van der Waals surface area contributed by atoms with Crippen molar-refractivity contribution in [2.75, 3.05) is 7.11 Å². The second-order valence-corrected chi connectivity index (χ2v) is 5.76. The van der Waals surface area contributed by atoms with Crippen molar-refractivity contribution < 1.29 is 9.53 Å². The molecule has 3 heteroatoms. The van der Waals surface area contributed by atoms with E-state index in [9.17, 15) is 4.79 Å². The number of benzene rings is 1. The third-order valence-corrected chi connectivity index (χ3v) is 4.48. The zero-order valence-electron chi connectivity index (χ0n) is 11.6. The molecule has 0 aliphatic heterocycles. The third kappa shape index (κ3) is 3.30. The zero-order valence-corrected chi connectivity index (χ0v) is 12.4. The maximum atomic E-state index is 12.5. The lowest BCUT2D eigenvalue weighted by molar-refractivity contribution is 0.0861. The van der Waals surface area contributed by atoms with Gasteiger partial charge in [0.2, 0.25) is 0 Å². The average Bonchev–Trinajstić information content (AvgIpc) is 2.47. The Kier molecular flexibility index (Phi) is 4.87. The van der Waals surface area contributed by atoms with Crippen LogP contribution in [0.5, 0.6) is 5.75 Å². The molecule has 0 saturated heterocycles. The number of Topliss-reactive ketones (excluding diaryl/α,β-unsaturated/α-hetero) is 1. The molecule has 0 N–H and O–H groups in total. The van der Waals surface area contributed by atoms with Crippen molar-refractivity contribution in [1.29, 1.82) is 0 Å². The summed E-state index contributed by atoms with van der Waals surface area (Å²) in [5.41, 5.74) is 0.725. The van der Waals surface area contributed by atoms with Crippen molar-refractivity contribution in [3.8, 4) is 5.75 Å². The first-order valence-electron chi connectivity index (χ1n) is 7.03. The van der Waals surface area contributed by atoms with E-state index >= 15 is 0 Å². The number of rotatable bonds is 4. The van der Waals surface area contributed by atoms with Crippen LogP contribution in [0.15, 0.2) is 18.2 Å². The summed E-state index contributed by atoms with van der Waals surface area (Å²) in [4.78, 5) is 12.5. The largest absolute Gasteiger partial charge is 0.495 e. The molecule has 2 nitrogen and oxygen atoms in total. The van der Waals surface area contributed by atoms with Gasteiger partial charge in [-0.25, -0.2) is 0 Å². The van der Waals surface area contributed by atoms with Crippen LogP contribution in [-0.2, 0) is 0 Å². The molecule has 0 radical (unpaired) electrons. The van der Waals surface area contributed by atoms with E-state index < -0.39 is 0 Å². The summed E-state index contributed by atoms with van der Waals surface area (Å²) in [6.07, 6.45) is 5.65. The zero-order chi connectivity index (χ0) is 13.8. The summed E-state index contributed by atoms with van der Waals surface area (Å²) in [6.45, 7) is 2.21. The topological polar surface area (TPSA) is 26.3 Å². The molecule has 19 heavy (non-hydrogen) atoms. The molecule has 1 aromatic carbocycles. The van der Waals surface area contributed by atoms with Gasteiger partial charge in [0.15, 0.2) is 5.78 Å². The Balaban J connectivity index is 2.14. The van der Waals surface area contributed by atoms with E-state index in [4.69, 9.17) is 16.3 Å². The van der Waals surface area contributed by atoms with Crippen molar-refractivity contribution in [1.82, 2.24) is 0 Å². The molecule has 2 rings (SSSR count). The molecule has 1 aliphatic carbocycles. The minimum atomic E-state index is 0.171. The van der Waals surface area contributed by atoms with Gasteiger partial charge in [-0.05, 0) is 37.0 Å². The van der Waals surface area contributed by atoms with Gasteiger partial charge in [0, 0.05) is 11.5 Å². The molecular weight excluding hydrogens is 260 g/mol. The Bertz CT molecular complexity index is 456. The standard InChI is InChI=1S/C16H21ClO2/c1-3-11-5-4-6-12(9-11)16(18)13-7-8-14(17)15(10-13)19-2/h7-8,10-12H,3-6,9H2,1-2H3. The highest BCUT2D eigenvalue weighted by Gasteiger charge is 2.27. The van der Waals surface area contributed by atoms with E-state index in [1.54, 1.807) is 19.2 Å². The predicted molar refractivity (Wildman–Crippen MR) is 78.1 cm³/mol. The first-order valence-corrected chi connectivity index (χ1v) is 7.41. The lowest BCUT2D eigenvalue weighted by atomic mass is 9.77. The van der Waals surface area contributed by atoms with Gasteiger partial charge < -0.3 is 4.74 Å². The quantitative estimate of drug-likeness (QED) is 0.744. The minimum absolute atomic E-state index is 0.171. The molecule has 1 saturated carbocycles. The Hall–Kier alpha value is -1.02. The number of ether oxygens (including phenoxy) is 1. The fourth-order valence-electron chi connectivity index (χ4n) is 2.95. The van der Waals surface area contributed by atoms with Crippen LogP contribution in [0.4, 0.5) is 0 Å². The van der Waals surface area contributed by atoms with Crippen LogP contribution in [0.1, 0.15) is 49.4 Å². The Morgan fingerprint density at radius 2 is 2.21 bits per heavy atom. The number of methoxy groups -OCH3 is 1. The van der Waals surface area contributed by atoms with Gasteiger partial charge in [0.25, 0.3) is 0 Å². The first-order chi connectivity index (χ1) is 9.15. The number of hydrogen-bond donors (Lipinski definition) is 0. The normalized spacial score (nSPS) is 23.1. The van der Waals surface area contributed by atoms with E-state index in [1.165, 1.54) is 19.3 Å². The van der Waals surface area contributed by atoms with Crippen molar-refractivity contribution in [3.05, 3.63) is 28.8 Å². The summed E-state index contributed by atoms with van der Waals surface area (Å²) in [7, 11) is 1.57. The second-order valence-electron chi connectivity index (χ2n) is 5.35. The molecule has 2 unspecified atom stereocenters. The molecular formula is C16H21ClO2. The molecule has 0 heterocycles. The highest BCUT2D eigenvalue weighted by Crippen LogP contribution is 2.34. The van der Waals surface area contributed by atoms with Crippen LogP contribution in [-0.4, -0.2) is 12.9 Å². The van der Waals surface area contributed by atoms with Gasteiger partial charge in [-0.2, -0.15) is 0 Å². The van der Waals surface area contributed by atoms with Crippen LogP contribution in [0.3, 0.4) is 0 Å². The lowest BCUT2D eigenvalue weighted by Gasteiger charge is -2.27. The fraction of sp³-hybridized carbons (Fsp3) is 0.562. The van der Waals surface area contributed by atoms with Crippen molar-refractivity contribution >= 4 is 17.4 Å². The van der Waals surface area contributed by atoms with Crippen molar-refractivity contribution in [3.63, 3.8) is 0 Å². The highest BCUT2D eigenvalue weighted by atomic mass is 35.5. The molecule has 1 aliphatic rings. The summed E-state index contributed by atoms with van der Waals surface area (Å²) in [5.74, 6) is 1.70. The van der Waals surface area contributed by atoms with E-state index in [-0.39, 0.29) is 11.7 Å². The van der Waals surface area contributed by atoms with E-state index in [2.05, 4.69) is 6.92 Å². The number of hydrogen-bond acceptors (Lipinski definition) is 2. The van der Waals surface area contributed by atoms with Gasteiger partial charge in [-0.15, -0.1) is 0 Å². The van der Waals surface area contributed by atoms with Crippen molar-refractivity contribution in [2.24, 2.45) is 11.8 Å². The third-order valence-electron chi connectivity index (χ3n) is 4.17. The summed E-state index contributed by atoms with van der Waals surface area (Å²) in [5, 5.41) is 0.550. The lowest BCUT2D eigenvalue weighted by Crippen LogP contribution is -2.22. The van der Waals surface area contributed by atoms with E-state index in [0.29, 0.717) is 16.7 Å². The molecule has 0 spiro atoms. The minimum Gasteiger partial charge on any atom is -0.495 e. The summed E-state index contributed by atoms with van der Waals surface area (Å²) < 4.78 is 5.18. The molecule has 2 atom stereocenters. The monoisotopic (exact) mass is 280 g/mol. The number of carbonyl (C=O) groups is 1. The predicted octanol–water partition coefficient (Wildman–Crippen LogP) is 4.75. The van der Waals surface area contributed by atoms with E-state index in [1.807, 2.05) is 6.07 Å². The molecule has 104 valence electrons. The Labute approximate surface area is 120 Å². The number of carbonyl (C=O) groups excluding carboxylic acids is 1. The van der Waals surface area contributed by atoms with Crippen LogP contribution < -0.4 is 4.74 Å². The van der Waals surface area contributed by atoms with Crippen LogP contribution in [0, 0.1) is 11.8 Å². The van der Waals surface area contributed by atoms with Gasteiger partial charge in [-0.1, -0.05) is 37.8 Å². The number of halogens is 1. The van der Waals surface area contributed by atoms with Crippen molar-refractivity contribution in [2.45, 2.75) is 39.0 Å². The fourth-order valence-corrected chi connectivity index (χ4v) is 3.14. The van der Waals surface area contributed by atoms with Crippen LogP contribution >= 0.6 is 11.6 Å². The SMILES string of the molecule is CCC1CCCC(C(=O)c2ccc(Cl)c(OC)c2)C1. The molecule has 0 amide bonds. The number of ketones is 1. The molecule has 0 bridgehead atoms. The van der Waals surface area contributed by atoms with E-state index in [0.717, 1.165) is 18.4 Å². The van der Waals surface area contributed by atoms with Gasteiger partial charge in [0.05, 0.1) is 12.1 Å². The van der Waals surface area contributed by atoms with Crippen LogP contribution in [0.25, 0.3) is 0 Å². The van der Waals surface area contributed by atoms with Gasteiger partial charge >= 0.3 is 0 Å². The van der Waals surface area contributed by atoms with Gasteiger partial charge in [0.1, 0.15) is 5.75 Å². The molecule has 1 aromatic rings. The van der Waals surface area contributed by atoms with Gasteiger partial charge in [-0.3, -0.25) is 4.79 Å². The molecule has 0 aromatic heterocycles. The Morgan fingerprint density at radius 3 is 2.89 bits per heavy atom. The summed E-state index contributed by atoms with van der Waals surface area (Å²) in [6, 6.07) is 5.32. The second kappa shape index (κ2) is 6.42. The maximum Gasteiger partial charge on any atom is 0.166 e. The average molecular weight is 281 g/mol. The summed E-state index contributed by atoms with van der Waals surface area (Å²) >= 11 is 6.00. The highest BCUT2D eigenvalue weighted by molar-refractivity contribution is 6.32. The van der Waals surface area contributed by atoms with Crippen LogP contribution in [0.2, 0.25) is 5.02 Å².